The van der Waals surface area contributed by atoms with Gasteiger partial charge in [-0.1, -0.05) is 11.6 Å². The molecule has 2 heterocycles. The van der Waals surface area contributed by atoms with Crippen LogP contribution in [-0.2, 0) is 14.6 Å². The normalized spacial score (nSPS) is 16.8. The zero-order valence-corrected chi connectivity index (χ0v) is 16.4. The molecule has 0 saturated carbocycles. The van der Waals surface area contributed by atoms with Crippen molar-refractivity contribution in [3.05, 3.63) is 41.0 Å². The lowest BCUT2D eigenvalue weighted by Gasteiger charge is -2.31. The Kier molecular flexibility index (Phi) is 5.67. The highest BCUT2D eigenvalue weighted by Crippen LogP contribution is 2.19. The topological polar surface area (TPSA) is 96.4 Å². The summed E-state index contributed by atoms with van der Waals surface area (Å²) in [5.41, 5.74) is 1.06. The molecule has 0 radical (unpaired) electrons. The maximum atomic E-state index is 12.3. The molecule has 0 atom stereocenters. The van der Waals surface area contributed by atoms with Gasteiger partial charge in [0.05, 0.1) is 29.1 Å². The van der Waals surface area contributed by atoms with E-state index in [9.17, 15) is 18.0 Å². The van der Waals surface area contributed by atoms with Gasteiger partial charge in [0, 0.05) is 29.7 Å². The number of halogens is 1. The monoisotopic (exact) mass is 409 g/mol. The van der Waals surface area contributed by atoms with Gasteiger partial charge < -0.3 is 10.2 Å². The van der Waals surface area contributed by atoms with Crippen molar-refractivity contribution in [2.75, 3.05) is 25.1 Å². The maximum Gasteiger partial charge on any atom is 0.253 e. The molecule has 1 aromatic carbocycles. The minimum Gasteiger partial charge on any atom is -0.343 e. The molecule has 0 aliphatic carbocycles. The molecule has 0 spiro atoms. The minimum absolute atomic E-state index is 0.0902. The molecule has 27 heavy (non-hydrogen) atoms. The Hall–Kier alpha value is -2.19. The van der Waals surface area contributed by atoms with Crippen LogP contribution in [0.1, 0.15) is 23.2 Å². The number of likely N-dealkylation sites (N-methyl/N-ethyl adjacent to an activating group) is 1. The standard InChI is InChI=1S/C18H20ClN3O4S/c1-22(15-4-6-27(25,26)7-5-15)17(23)11-21-18(24)13-8-12-9-14(19)2-3-16(12)20-10-13/h2-3,8-10,15H,4-7,11H2,1H3,(H,21,24). The van der Waals surface area contributed by atoms with Crippen molar-refractivity contribution in [3.63, 3.8) is 0 Å². The van der Waals surface area contributed by atoms with Crippen LogP contribution in [0.5, 0.6) is 0 Å². The van der Waals surface area contributed by atoms with Gasteiger partial charge in [0.1, 0.15) is 9.84 Å². The SMILES string of the molecule is CN(C(=O)CNC(=O)c1cnc2ccc(Cl)cc2c1)C1CCS(=O)(=O)CC1. The van der Waals surface area contributed by atoms with Crippen molar-refractivity contribution in [3.8, 4) is 0 Å². The third-order valence-electron chi connectivity index (χ3n) is 4.77. The Morgan fingerprint density at radius 3 is 2.67 bits per heavy atom. The highest BCUT2D eigenvalue weighted by Gasteiger charge is 2.28. The molecule has 3 rings (SSSR count). The van der Waals surface area contributed by atoms with Crippen LogP contribution in [0.4, 0.5) is 0 Å². The number of carbonyl (C=O) groups is 2. The predicted molar refractivity (Wildman–Crippen MR) is 104 cm³/mol. The van der Waals surface area contributed by atoms with E-state index in [1.54, 1.807) is 31.3 Å². The van der Waals surface area contributed by atoms with Gasteiger partial charge >= 0.3 is 0 Å². The number of aromatic nitrogens is 1. The second kappa shape index (κ2) is 7.82. The second-order valence-electron chi connectivity index (χ2n) is 6.63. The summed E-state index contributed by atoms with van der Waals surface area (Å²) >= 11 is 5.96. The Bertz CT molecular complexity index is 979. The molecule has 1 fully saturated rings. The fraction of sp³-hybridized carbons (Fsp3) is 0.389. The minimum atomic E-state index is -2.98. The summed E-state index contributed by atoms with van der Waals surface area (Å²) in [4.78, 5) is 30.4. The molecule has 1 aliphatic rings. The van der Waals surface area contributed by atoms with Crippen LogP contribution in [0.15, 0.2) is 30.5 Å². The average Bonchev–Trinajstić information content (AvgIpc) is 2.64. The molecule has 1 aromatic heterocycles. The number of pyridine rings is 1. The number of nitrogens with zero attached hydrogens (tertiary/aromatic N) is 2. The van der Waals surface area contributed by atoms with Crippen molar-refractivity contribution in [1.82, 2.24) is 15.2 Å². The fourth-order valence-electron chi connectivity index (χ4n) is 3.08. The number of carbonyl (C=O) groups excluding carboxylic acids is 2. The van der Waals surface area contributed by atoms with Gasteiger partial charge in [-0.25, -0.2) is 8.42 Å². The van der Waals surface area contributed by atoms with E-state index >= 15 is 0 Å². The van der Waals surface area contributed by atoms with Gasteiger partial charge in [-0.2, -0.15) is 0 Å². The van der Waals surface area contributed by atoms with Crippen LogP contribution in [0.3, 0.4) is 0 Å². The average molecular weight is 410 g/mol. The molecule has 0 unspecified atom stereocenters. The van der Waals surface area contributed by atoms with E-state index < -0.39 is 15.7 Å². The molecule has 2 amide bonds. The summed E-state index contributed by atoms with van der Waals surface area (Å²) in [5.74, 6) is -0.485. The molecule has 7 nitrogen and oxygen atoms in total. The largest absolute Gasteiger partial charge is 0.343 e. The van der Waals surface area contributed by atoms with Gasteiger partial charge in [0.2, 0.25) is 5.91 Å². The first kappa shape index (κ1) is 19.6. The number of hydrogen-bond acceptors (Lipinski definition) is 5. The zero-order chi connectivity index (χ0) is 19.6. The molecular weight excluding hydrogens is 390 g/mol. The Morgan fingerprint density at radius 2 is 1.96 bits per heavy atom. The fourth-order valence-corrected chi connectivity index (χ4v) is 4.72. The van der Waals surface area contributed by atoms with E-state index in [0.717, 1.165) is 10.9 Å². The molecule has 9 heteroatoms. The van der Waals surface area contributed by atoms with E-state index in [1.165, 1.54) is 11.1 Å². The van der Waals surface area contributed by atoms with Crippen LogP contribution in [0, 0.1) is 0 Å². The summed E-state index contributed by atoms with van der Waals surface area (Å²) in [6.45, 7) is -0.161. The van der Waals surface area contributed by atoms with E-state index in [2.05, 4.69) is 10.3 Å². The van der Waals surface area contributed by atoms with Crippen LogP contribution >= 0.6 is 11.6 Å². The quantitative estimate of drug-likeness (QED) is 0.828. The number of fused-ring (bicyclic) bond motifs is 1. The highest BCUT2D eigenvalue weighted by molar-refractivity contribution is 7.91. The van der Waals surface area contributed by atoms with E-state index in [4.69, 9.17) is 11.6 Å². The highest BCUT2D eigenvalue weighted by atomic mass is 35.5. The molecule has 144 valence electrons. The maximum absolute atomic E-state index is 12.3. The van der Waals surface area contributed by atoms with Gasteiger partial charge in [-0.15, -0.1) is 0 Å². The molecule has 1 saturated heterocycles. The first-order chi connectivity index (χ1) is 12.7. The van der Waals surface area contributed by atoms with E-state index in [1.807, 2.05) is 0 Å². The number of nitrogens with one attached hydrogen (secondary N) is 1. The Morgan fingerprint density at radius 1 is 1.26 bits per heavy atom. The lowest BCUT2D eigenvalue weighted by atomic mass is 10.1. The molecule has 1 N–H and O–H groups in total. The number of hydrogen-bond donors (Lipinski definition) is 1. The summed E-state index contributed by atoms with van der Waals surface area (Å²) < 4.78 is 23.0. The Labute approximate surface area is 162 Å². The predicted octanol–water partition coefficient (Wildman–Crippen LogP) is 1.65. The summed E-state index contributed by atoms with van der Waals surface area (Å²) in [6.07, 6.45) is 2.30. The first-order valence-electron chi connectivity index (χ1n) is 8.55. The second-order valence-corrected chi connectivity index (χ2v) is 9.37. The smallest absolute Gasteiger partial charge is 0.253 e. The van der Waals surface area contributed by atoms with Crippen LogP contribution in [0.25, 0.3) is 10.9 Å². The van der Waals surface area contributed by atoms with Gasteiger partial charge in [-0.05, 0) is 37.1 Å². The van der Waals surface area contributed by atoms with Crippen LogP contribution in [0.2, 0.25) is 5.02 Å². The molecular formula is C18H20ClN3O4S. The zero-order valence-electron chi connectivity index (χ0n) is 14.8. The number of sulfone groups is 1. The van der Waals surface area contributed by atoms with Gasteiger partial charge in [0.25, 0.3) is 5.91 Å². The van der Waals surface area contributed by atoms with Gasteiger partial charge in [0.15, 0.2) is 0 Å². The lowest BCUT2D eigenvalue weighted by Crippen LogP contribution is -2.46. The molecule has 1 aliphatic heterocycles. The van der Waals surface area contributed by atoms with E-state index in [0.29, 0.717) is 23.4 Å². The van der Waals surface area contributed by atoms with Crippen LogP contribution in [-0.4, -0.2) is 61.3 Å². The molecule has 2 aromatic rings. The third kappa shape index (κ3) is 4.75. The number of rotatable bonds is 4. The number of amides is 2. The lowest BCUT2D eigenvalue weighted by molar-refractivity contribution is -0.131. The first-order valence-corrected chi connectivity index (χ1v) is 10.7. The third-order valence-corrected chi connectivity index (χ3v) is 6.72. The van der Waals surface area contributed by atoms with Crippen molar-refractivity contribution >= 4 is 44.2 Å². The summed E-state index contributed by atoms with van der Waals surface area (Å²) in [5, 5.41) is 3.88. The molecule has 0 bridgehead atoms. The summed E-state index contributed by atoms with van der Waals surface area (Å²) in [6, 6.07) is 6.76. The summed E-state index contributed by atoms with van der Waals surface area (Å²) in [7, 11) is -1.35. The van der Waals surface area contributed by atoms with Gasteiger partial charge in [-0.3, -0.25) is 14.6 Å². The van der Waals surface area contributed by atoms with Crippen molar-refractivity contribution in [1.29, 1.82) is 0 Å². The van der Waals surface area contributed by atoms with Crippen molar-refractivity contribution < 1.29 is 18.0 Å². The van der Waals surface area contributed by atoms with E-state index in [-0.39, 0.29) is 30.0 Å². The van der Waals surface area contributed by atoms with Crippen molar-refractivity contribution in [2.45, 2.75) is 18.9 Å². The van der Waals surface area contributed by atoms with Crippen molar-refractivity contribution in [2.24, 2.45) is 0 Å². The number of benzene rings is 1. The van der Waals surface area contributed by atoms with Crippen LogP contribution < -0.4 is 5.32 Å². The Balaban J connectivity index is 1.59.